The first-order valence-corrected chi connectivity index (χ1v) is 11.0. The molecule has 0 radical (unpaired) electrons. The number of piperidine rings is 1. The molecule has 0 aliphatic carbocycles. The van der Waals surface area contributed by atoms with Crippen LogP contribution >= 0.6 is 0 Å². The Labute approximate surface area is 195 Å². The Kier molecular flexibility index (Phi) is 7.05. The van der Waals surface area contributed by atoms with Crippen molar-refractivity contribution in [3.8, 4) is 0 Å². The van der Waals surface area contributed by atoms with Gasteiger partial charge in [-0.05, 0) is 25.0 Å². The average Bonchev–Trinajstić information content (AvgIpc) is 2.84. The number of amides is 2. The SMILES string of the molecule is CN=C(CC=N)c1nnc(N2CCC(NC(=O)Nc3ccc(F)cc3F)CC2)c2ccccc12. The first-order valence-electron chi connectivity index (χ1n) is 11.0. The highest BCUT2D eigenvalue weighted by Gasteiger charge is 2.24. The van der Waals surface area contributed by atoms with Crippen molar-refractivity contribution in [1.29, 1.82) is 5.41 Å². The molecule has 0 atom stereocenters. The van der Waals surface area contributed by atoms with Gasteiger partial charge in [0.1, 0.15) is 17.3 Å². The molecule has 34 heavy (non-hydrogen) atoms. The summed E-state index contributed by atoms with van der Waals surface area (Å²) in [6.45, 7) is 1.31. The number of fused-ring (bicyclic) bond motifs is 1. The molecule has 1 saturated heterocycles. The zero-order valence-electron chi connectivity index (χ0n) is 18.7. The minimum atomic E-state index is -0.823. The Morgan fingerprint density at radius 1 is 1.18 bits per heavy atom. The molecule has 0 unspecified atom stereocenters. The number of halogens is 2. The Bertz CT molecular complexity index is 1240. The number of urea groups is 1. The van der Waals surface area contributed by atoms with Crippen LogP contribution in [-0.2, 0) is 0 Å². The number of aromatic nitrogens is 2. The second kappa shape index (κ2) is 10.3. The van der Waals surface area contributed by atoms with E-state index in [1.807, 2.05) is 24.3 Å². The molecule has 1 fully saturated rings. The first kappa shape index (κ1) is 23.2. The van der Waals surface area contributed by atoms with Crippen molar-refractivity contribution >= 4 is 40.2 Å². The number of hydrogen-bond donors (Lipinski definition) is 3. The molecule has 176 valence electrons. The Balaban J connectivity index is 1.43. The fourth-order valence-corrected chi connectivity index (χ4v) is 4.10. The minimum Gasteiger partial charge on any atom is -0.354 e. The Morgan fingerprint density at radius 3 is 2.59 bits per heavy atom. The van der Waals surface area contributed by atoms with E-state index >= 15 is 0 Å². The summed E-state index contributed by atoms with van der Waals surface area (Å²) in [5, 5.41) is 23.5. The summed E-state index contributed by atoms with van der Waals surface area (Å²) in [7, 11) is 1.68. The molecule has 0 saturated carbocycles. The van der Waals surface area contributed by atoms with Gasteiger partial charge in [0, 0.05) is 55.7 Å². The lowest BCUT2D eigenvalue weighted by Gasteiger charge is -2.33. The molecular weight excluding hydrogens is 440 g/mol. The highest BCUT2D eigenvalue weighted by atomic mass is 19.1. The maximum absolute atomic E-state index is 13.8. The molecule has 1 aliphatic heterocycles. The van der Waals surface area contributed by atoms with E-state index in [2.05, 4.69) is 30.7 Å². The zero-order valence-corrected chi connectivity index (χ0v) is 18.7. The van der Waals surface area contributed by atoms with Crippen LogP contribution in [0.4, 0.5) is 25.1 Å². The van der Waals surface area contributed by atoms with E-state index in [0.717, 1.165) is 28.7 Å². The second-order valence-corrected chi connectivity index (χ2v) is 7.98. The van der Waals surface area contributed by atoms with E-state index < -0.39 is 17.7 Å². The van der Waals surface area contributed by atoms with Gasteiger partial charge in [0.15, 0.2) is 5.82 Å². The highest BCUT2D eigenvalue weighted by molar-refractivity contribution is 6.14. The molecule has 3 aromatic rings. The van der Waals surface area contributed by atoms with Crippen LogP contribution in [0.15, 0.2) is 47.5 Å². The molecule has 0 spiro atoms. The number of anilines is 2. The topological polar surface area (TPSA) is 106 Å². The molecule has 4 rings (SSSR count). The standard InChI is InChI=1S/C24H25F2N7O/c1-28-21(8-11-27)22-17-4-2-3-5-18(17)23(32-31-22)33-12-9-16(10-13-33)29-24(34)30-20-7-6-15(25)14-19(20)26/h2-7,11,14,16,27H,8-10,12-13H2,1H3,(H2,29,30,34). The van der Waals surface area contributed by atoms with E-state index in [1.165, 1.54) is 12.3 Å². The highest BCUT2D eigenvalue weighted by Crippen LogP contribution is 2.28. The summed E-state index contributed by atoms with van der Waals surface area (Å²) in [5.74, 6) is -0.760. The van der Waals surface area contributed by atoms with E-state index in [-0.39, 0.29) is 11.7 Å². The lowest BCUT2D eigenvalue weighted by Crippen LogP contribution is -2.46. The fourth-order valence-electron chi connectivity index (χ4n) is 4.10. The van der Waals surface area contributed by atoms with Crippen molar-refractivity contribution < 1.29 is 13.6 Å². The van der Waals surface area contributed by atoms with Crippen molar-refractivity contribution in [1.82, 2.24) is 15.5 Å². The van der Waals surface area contributed by atoms with Crippen LogP contribution in [0.1, 0.15) is 25.0 Å². The van der Waals surface area contributed by atoms with Crippen molar-refractivity contribution in [2.75, 3.05) is 30.4 Å². The van der Waals surface area contributed by atoms with Gasteiger partial charge < -0.3 is 20.9 Å². The van der Waals surface area contributed by atoms with Crippen LogP contribution in [0.3, 0.4) is 0 Å². The van der Waals surface area contributed by atoms with Crippen molar-refractivity contribution in [2.45, 2.75) is 25.3 Å². The number of carbonyl (C=O) groups excluding carboxylic acids is 1. The van der Waals surface area contributed by atoms with Gasteiger partial charge in [-0.3, -0.25) is 4.99 Å². The molecular formula is C24H25F2N7O. The van der Waals surface area contributed by atoms with E-state index in [9.17, 15) is 13.6 Å². The van der Waals surface area contributed by atoms with Crippen LogP contribution < -0.4 is 15.5 Å². The maximum atomic E-state index is 13.8. The minimum absolute atomic E-state index is 0.0730. The average molecular weight is 466 g/mol. The monoisotopic (exact) mass is 465 g/mol. The fraction of sp³-hybridized carbons (Fsp3) is 0.292. The molecule has 8 nitrogen and oxygen atoms in total. The van der Waals surface area contributed by atoms with Gasteiger partial charge in [0.2, 0.25) is 0 Å². The number of rotatable bonds is 6. The number of aliphatic imine (C=N–C) groups is 1. The van der Waals surface area contributed by atoms with Crippen LogP contribution in [0.2, 0.25) is 0 Å². The lowest BCUT2D eigenvalue weighted by atomic mass is 10.0. The van der Waals surface area contributed by atoms with Gasteiger partial charge in [-0.15, -0.1) is 10.2 Å². The maximum Gasteiger partial charge on any atom is 0.319 e. The van der Waals surface area contributed by atoms with Crippen molar-refractivity contribution in [3.05, 3.63) is 59.8 Å². The molecule has 1 aliphatic rings. The second-order valence-electron chi connectivity index (χ2n) is 7.98. The van der Waals surface area contributed by atoms with E-state index in [0.29, 0.717) is 43.8 Å². The summed E-state index contributed by atoms with van der Waals surface area (Å²) in [6.07, 6.45) is 3.03. The van der Waals surface area contributed by atoms with E-state index in [1.54, 1.807) is 7.05 Å². The third-order valence-corrected chi connectivity index (χ3v) is 5.82. The summed E-state index contributed by atoms with van der Waals surface area (Å²) in [5.41, 5.74) is 1.31. The molecule has 3 N–H and O–H groups in total. The summed E-state index contributed by atoms with van der Waals surface area (Å²) < 4.78 is 26.8. The molecule has 2 heterocycles. The Hall–Kier alpha value is -3.95. The largest absolute Gasteiger partial charge is 0.354 e. The lowest BCUT2D eigenvalue weighted by molar-refractivity contribution is 0.246. The number of nitrogens with one attached hydrogen (secondary N) is 3. The van der Waals surface area contributed by atoms with Gasteiger partial charge in [-0.2, -0.15) is 0 Å². The number of carbonyl (C=O) groups is 1. The number of hydrogen-bond acceptors (Lipinski definition) is 6. The van der Waals surface area contributed by atoms with Gasteiger partial charge in [0.25, 0.3) is 0 Å². The quantitative estimate of drug-likeness (QED) is 0.475. The number of nitrogens with zero attached hydrogens (tertiary/aromatic N) is 4. The molecule has 0 bridgehead atoms. The summed E-state index contributed by atoms with van der Waals surface area (Å²) in [6, 6.07) is 10.2. The summed E-state index contributed by atoms with van der Waals surface area (Å²) >= 11 is 0. The van der Waals surface area contributed by atoms with Gasteiger partial charge in [0.05, 0.1) is 11.4 Å². The molecule has 1 aromatic heterocycles. The normalized spacial score (nSPS) is 14.8. The van der Waals surface area contributed by atoms with Crippen LogP contribution in [0, 0.1) is 17.0 Å². The van der Waals surface area contributed by atoms with Crippen LogP contribution in [0.25, 0.3) is 10.8 Å². The predicted molar refractivity (Wildman–Crippen MR) is 129 cm³/mol. The third kappa shape index (κ3) is 5.00. The van der Waals surface area contributed by atoms with Crippen molar-refractivity contribution in [2.24, 2.45) is 4.99 Å². The number of benzene rings is 2. The Morgan fingerprint density at radius 2 is 1.91 bits per heavy atom. The van der Waals surface area contributed by atoms with Crippen molar-refractivity contribution in [3.63, 3.8) is 0 Å². The molecule has 2 aromatic carbocycles. The van der Waals surface area contributed by atoms with Gasteiger partial charge in [-0.25, -0.2) is 13.6 Å². The predicted octanol–water partition coefficient (Wildman–Crippen LogP) is 4.16. The molecule has 2 amide bonds. The zero-order chi connectivity index (χ0) is 24.1. The smallest absolute Gasteiger partial charge is 0.319 e. The first-order chi connectivity index (χ1) is 16.5. The van der Waals surface area contributed by atoms with Crippen LogP contribution in [0.5, 0.6) is 0 Å². The van der Waals surface area contributed by atoms with Crippen LogP contribution in [-0.4, -0.2) is 54.3 Å². The van der Waals surface area contributed by atoms with E-state index in [4.69, 9.17) is 5.41 Å². The summed E-state index contributed by atoms with van der Waals surface area (Å²) in [4.78, 5) is 18.7. The molecule has 10 heteroatoms. The van der Waals surface area contributed by atoms with Gasteiger partial charge >= 0.3 is 6.03 Å². The third-order valence-electron chi connectivity index (χ3n) is 5.82. The van der Waals surface area contributed by atoms with Gasteiger partial charge in [-0.1, -0.05) is 24.3 Å².